The van der Waals surface area contributed by atoms with Crippen molar-refractivity contribution in [1.29, 1.82) is 5.26 Å². The Bertz CT molecular complexity index is 388. The summed E-state index contributed by atoms with van der Waals surface area (Å²) in [4.78, 5) is 2.12. The van der Waals surface area contributed by atoms with Gasteiger partial charge in [0, 0.05) is 0 Å². The molecule has 0 amide bonds. The van der Waals surface area contributed by atoms with E-state index < -0.39 is 0 Å². The Labute approximate surface area is 98.5 Å². The van der Waals surface area contributed by atoms with Gasteiger partial charge in [0.2, 0.25) is 0 Å². The van der Waals surface area contributed by atoms with Crippen LogP contribution in [0.4, 0.5) is 0 Å². The molecule has 1 aromatic carbocycles. The average molecular weight is 216 g/mol. The number of aryl methyl sites for hydroxylation is 2. The zero-order valence-corrected chi connectivity index (χ0v) is 10.6. The van der Waals surface area contributed by atoms with Crippen LogP contribution in [0.2, 0.25) is 0 Å². The van der Waals surface area contributed by atoms with Gasteiger partial charge in [-0.3, -0.25) is 0 Å². The lowest BCUT2D eigenvalue weighted by atomic mass is 9.92. The molecule has 86 valence electrons. The maximum absolute atomic E-state index is 9.22. The normalized spacial score (nSPS) is 12.5. The van der Waals surface area contributed by atoms with E-state index in [2.05, 4.69) is 43.0 Å². The predicted octanol–water partition coefficient (Wildman–Crippen LogP) is 2.86. The smallest absolute Gasteiger partial charge is 0.0727 e. The van der Waals surface area contributed by atoms with E-state index in [1.165, 1.54) is 16.7 Å². The highest BCUT2D eigenvalue weighted by atomic mass is 15.0. The minimum absolute atomic E-state index is 0.0167. The molecule has 0 aliphatic rings. The minimum Gasteiger partial charge on any atom is -0.309 e. The molecule has 0 aliphatic carbocycles. The van der Waals surface area contributed by atoms with Crippen LogP contribution in [0.5, 0.6) is 0 Å². The molecule has 2 heteroatoms. The van der Waals surface area contributed by atoms with Crippen LogP contribution < -0.4 is 0 Å². The summed E-state index contributed by atoms with van der Waals surface area (Å²) in [7, 11) is 4.08. The lowest BCUT2D eigenvalue weighted by Gasteiger charge is -2.15. The zero-order valence-electron chi connectivity index (χ0n) is 10.6. The van der Waals surface area contributed by atoms with E-state index in [0.717, 1.165) is 13.0 Å². The molecule has 16 heavy (non-hydrogen) atoms. The van der Waals surface area contributed by atoms with Gasteiger partial charge in [-0.15, -0.1) is 0 Å². The number of hydrogen-bond acceptors (Lipinski definition) is 2. The first-order valence-corrected chi connectivity index (χ1v) is 5.66. The van der Waals surface area contributed by atoms with Crippen LogP contribution in [-0.4, -0.2) is 25.5 Å². The van der Waals surface area contributed by atoms with E-state index in [9.17, 15) is 5.26 Å². The Hall–Kier alpha value is -1.33. The predicted molar refractivity (Wildman–Crippen MR) is 67.4 cm³/mol. The van der Waals surface area contributed by atoms with Crippen LogP contribution in [0, 0.1) is 25.2 Å². The number of benzene rings is 1. The minimum atomic E-state index is 0.0167. The number of hydrogen-bond donors (Lipinski definition) is 0. The van der Waals surface area contributed by atoms with E-state index in [-0.39, 0.29) is 5.92 Å². The zero-order chi connectivity index (χ0) is 12.1. The molecule has 0 saturated carbocycles. The van der Waals surface area contributed by atoms with E-state index >= 15 is 0 Å². The van der Waals surface area contributed by atoms with Crippen molar-refractivity contribution in [1.82, 2.24) is 4.90 Å². The van der Waals surface area contributed by atoms with E-state index in [4.69, 9.17) is 0 Å². The van der Waals surface area contributed by atoms with Crippen molar-refractivity contribution in [3.8, 4) is 6.07 Å². The van der Waals surface area contributed by atoms with Crippen molar-refractivity contribution in [3.63, 3.8) is 0 Å². The van der Waals surface area contributed by atoms with Crippen LogP contribution in [0.25, 0.3) is 0 Å². The molecule has 0 aromatic heterocycles. The van der Waals surface area contributed by atoms with Crippen molar-refractivity contribution in [2.24, 2.45) is 0 Å². The van der Waals surface area contributed by atoms with Gasteiger partial charge in [-0.1, -0.05) is 23.8 Å². The molecule has 1 atom stereocenters. The summed E-state index contributed by atoms with van der Waals surface area (Å²) in [5.74, 6) is 0.0167. The summed E-state index contributed by atoms with van der Waals surface area (Å²) < 4.78 is 0. The summed E-state index contributed by atoms with van der Waals surface area (Å²) >= 11 is 0. The molecule has 0 aliphatic heterocycles. The molecular weight excluding hydrogens is 196 g/mol. The van der Waals surface area contributed by atoms with Gasteiger partial charge in [-0.25, -0.2) is 0 Å². The second-order valence-corrected chi connectivity index (χ2v) is 4.63. The van der Waals surface area contributed by atoms with Crippen LogP contribution in [-0.2, 0) is 0 Å². The second-order valence-electron chi connectivity index (χ2n) is 4.63. The summed E-state index contributed by atoms with van der Waals surface area (Å²) in [5.41, 5.74) is 3.66. The molecule has 0 radical (unpaired) electrons. The van der Waals surface area contributed by atoms with Crippen LogP contribution in [0.15, 0.2) is 18.2 Å². The number of nitrogens with zero attached hydrogens (tertiary/aromatic N) is 2. The summed E-state index contributed by atoms with van der Waals surface area (Å²) in [6.07, 6.45) is 0.896. The number of nitriles is 1. The van der Waals surface area contributed by atoms with Gasteiger partial charge >= 0.3 is 0 Å². The first kappa shape index (κ1) is 12.7. The Morgan fingerprint density at radius 1 is 1.31 bits per heavy atom. The third-order valence-electron chi connectivity index (χ3n) is 2.82. The fourth-order valence-corrected chi connectivity index (χ4v) is 1.89. The van der Waals surface area contributed by atoms with Gasteiger partial charge in [0.1, 0.15) is 0 Å². The van der Waals surface area contributed by atoms with Crippen molar-refractivity contribution >= 4 is 0 Å². The van der Waals surface area contributed by atoms with E-state index in [0.29, 0.717) is 0 Å². The molecular formula is C14H20N2. The van der Waals surface area contributed by atoms with Crippen molar-refractivity contribution in [2.75, 3.05) is 20.6 Å². The number of rotatable bonds is 4. The molecule has 0 N–H and O–H groups in total. The summed E-state index contributed by atoms with van der Waals surface area (Å²) in [6, 6.07) is 8.73. The van der Waals surface area contributed by atoms with Crippen LogP contribution >= 0.6 is 0 Å². The first-order valence-electron chi connectivity index (χ1n) is 5.66. The first-order chi connectivity index (χ1) is 7.54. The fraction of sp³-hybridized carbons (Fsp3) is 0.500. The Morgan fingerprint density at radius 2 is 2.00 bits per heavy atom. The Kier molecular flexibility index (Phi) is 4.52. The Balaban J connectivity index is 2.84. The van der Waals surface area contributed by atoms with Gasteiger partial charge in [0.05, 0.1) is 12.0 Å². The highest BCUT2D eigenvalue weighted by Gasteiger charge is 2.13. The summed E-state index contributed by atoms with van der Waals surface area (Å²) in [5, 5.41) is 9.22. The molecule has 0 fully saturated rings. The standard InChI is InChI=1S/C14H20N2/c1-11-5-6-14(12(2)9-11)13(10-15)7-8-16(3)4/h5-6,9,13H,7-8H2,1-4H3. The average Bonchev–Trinajstić information content (AvgIpc) is 2.21. The molecule has 2 nitrogen and oxygen atoms in total. The highest BCUT2D eigenvalue weighted by molar-refractivity contribution is 5.35. The molecule has 0 saturated heterocycles. The van der Waals surface area contributed by atoms with E-state index in [1.54, 1.807) is 0 Å². The van der Waals surface area contributed by atoms with Crippen LogP contribution in [0.1, 0.15) is 29.0 Å². The lowest BCUT2D eigenvalue weighted by Crippen LogP contribution is -2.15. The van der Waals surface area contributed by atoms with Crippen LogP contribution in [0.3, 0.4) is 0 Å². The van der Waals surface area contributed by atoms with Gasteiger partial charge in [-0.05, 0) is 52.0 Å². The van der Waals surface area contributed by atoms with Crippen molar-refractivity contribution in [2.45, 2.75) is 26.2 Å². The maximum Gasteiger partial charge on any atom is 0.0727 e. The molecule has 1 rings (SSSR count). The lowest BCUT2D eigenvalue weighted by molar-refractivity contribution is 0.393. The second kappa shape index (κ2) is 5.67. The molecule has 1 unspecified atom stereocenters. The molecule has 0 bridgehead atoms. The molecule has 0 spiro atoms. The Morgan fingerprint density at radius 3 is 2.50 bits per heavy atom. The summed E-state index contributed by atoms with van der Waals surface area (Å²) in [6.45, 7) is 5.12. The topological polar surface area (TPSA) is 27.0 Å². The SMILES string of the molecule is Cc1ccc(C(C#N)CCN(C)C)c(C)c1. The van der Waals surface area contributed by atoms with Crippen molar-refractivity contribution < 1.29 is 0 Å². The quantitative estimate of drug-likeness (QED) is 0.774. The van der Waals surface area contributed by atoms with Gasteiger partial charge in [-0.2, -0.15) is 5.26 Å². The molecule has 1 aromatic rings. The van der Waals surface area contributed by atoms with Gasteiger partial charge in [0.15, 0.2) is 0 Å². The van der Waals surface area contributed by atoms with Gasteiger partial charge < -0.3 is 4.90 Å². The van der Waals surface area contributed by atoms with Crippen molar-refractivity contribution in [3.05, 3.63) is 34.9 Å². The fourth-order valence-electron chi connectivity index (χ4n) is 1.89. The third kappa shape index (κ3) is 3.36. The third-order valence-corrected chi connectivity index (χ3v) is 2.82. The molecule has 0 heterocycles. The maximum atomic E-state index is 9.22. The van der Waals surface area contributed by atoms with Gasteiger partial charge in [0.25, 0.3) is 0 Å². The highest BCUT2D eigenvalue weighted by Crippen LogP contribution is 2.23. The van der Waals surface area contributed by atoms with E-state index in [1.807, 2.05) is 14.1 Å². The largest absolute Gasteiger partial charge is 0.309 e. The monoisotopic (exact) mass is 216 g/mol.